The first-order chi connectivity index (χ1) is 14.2. The SMILES string of the molecule is Cc1nc(-n2cccc2)sc1C(=O)NCC#CCOc1cccc2ccccc12. The number of amides is 1. The Bertz CT molecular complexity index is 1190. The number of hydrogen-bond donors (Lipinski definition) is 1. The Labute approximate surface area is 173 Å². The van der Waals surface area contributed by atoms with Gasteiger partial charge in [0, 0.05) is 17.8 Å². The molecule has 0 unspecified atom stereocenters. The number of nitrogens with one attached hydrogen (secondary N) is 1. The van der Waals surface area contributed by atoms with Crippen LogP contribution in [0.1, 0.15) is 15.4 Å². The van der Waals surface area contributed by atoms with Crippen LogP contribution in [0.25, 0.3) is 15.9 Å². The van der Waals surface area contributed by atoms with Crippen molar-refractivity contribution in [2.75, 3.05) is 13.2 Å². The minimum atomic E-state index is -0.164. The summed E-state index contributed by atoms with van der Waals surface area (Å²) in [5.74, 6) is 6.52. The van der Waals surface area contributed by atoms with Crippen molar-refractivity contribution in [1.82, 2.24) is 14.9 Å². The summed E-state index contributed by atoms with van der Waals surface area (Å²) in [6.45, 7) is 2.36. The molecule has 2 aromatic carbocycles. The zero-order chi connectivity index (χ0) is 20.1. The summed E-state index contributed by atoms with van der Waals surface area (Å²) in [5, 5.41) is 5.78. The number of aromatic nitrogens is 2. The topological polar surface area (TPSA) is 56.2 Å². The van der Waals surface area contributed by atoms with Crippen molar-refractivity contribution >= 4 is 28.0 Å². The number of ether oxygens (including phenoxy) is 1. The highest BCUT2D eigenvalue weighted by molar-refractivity contribution is 7.16. The molecule has 1 amide bonds. The average Bonchev–Trinajstić information content (AvgIpc) is 3.40. The Morgan fingerprint density at radius 3 is 2.76 bits per heavy atom. The van der Waals surface area contributed by atoms with Crippen molar-refractivity contribution in [3.8, 4) is 22.7 Å². The summed E-state index contributed by atoms with van der Waals surface area (Å²) in [6.07, 6.45) is 3.81. The van der Waals surface area contributed by atoms with Crippen molar-refractivity contribution in [2.24, 2.45) is 0 Å². The zero-order valence-corrected chi connectivity index (χ0v) is 16.7. The van der Waals surface area contributed by atoms with Crippen LogP contribution in [0.4, 0.5) is 0 Å². The summed E-state index contributed by atoms with van der Waals surface area (Å²) in [7, 11) is 0. The number of carbonyl (C=O) groups excluding carboxylic acids is 1. The fourth-order valence-electron chi connectivity index (χ4n) is 2.92. The number of thiazole rings is 1. The van der Waals surface area contributed by atoms with Gasteiger partial charge >= 0.3 is 0 Å². The third-order valence-corrected chi connectivity index (χ3v) is 5.50. The lowest BCUT2D eigenvalue weighted by atomic mass is 10.1. The van der Waals surface area contributed by atoms with E-state index in [1.165, 1.54) is 11.3 Å². The van der Waals surface area contributed by atoms with Crippen molar-refractivity contribution in [2.45, 2.75) is 6.92 Å². The highest BCUT2D eigenvalue weighted by Gasteiger charge is 2.15. The van der Waals surface area contributed by atoms with E-state index in [9.17, 15) is 4.79 Å². The number of carbonyl (C=O) groups is 1. The molecule has 0 bridgehead atoms. The number of benzene rings is 2. The van der Waals surface area contributed by atoms with Gasteiger partial charge in [0.2, 0.25) is 0 Å². The molecule has 144 valence electrons. The molecule has 5 nitrogen and oxygen atoms in total. The molecule has 0 atom stereocenters. The van der Waals surface area contributed by atoms with Crippen LogP contribution in [0.15, 0.2) is 67.0 Å². The Morgan fingerprint density at radius 1 is 1.10 bits per heavy atom. The lowest BCUT2D eigenvalue weighted by Crippen LogP contribution is -2.23. The van der Waals surface area contributed by atoms with Gasteiger partial charge in [-0.15, -0.1) is 0 Å². The van der Waals surface area contributed by atoms with Crippen molar-refractivity contribution in [3.63, 3.8) is 0 Å². The first-order valence-corrected chi connectivity index (χ1v) is 9.99. The van der Waals surface area contributed by atoms with Gasteiger partial charge in [0.1, 0.15) is 17.2 Å². The van der Waals surface area contributed by atoms with Crippen LogP contribution in [0.2, 0.25) is 0 Å². The van der Waals surface area contributed by atoms with Gasteiger partial charge in [0.05, 0.1) is 12.2 Å². The molecule has 0 aliphatic heterocycles. The maximum atomic E-state index is 12.4. The molecule has 4 aromatic rings. The second-order valence-corrected chi connectivity index (χ2v) is 7.28. The Hall–Kier alpha value is -3.56. The van der Waals surface area contributed by atoms with Gasteiger partial charge in [-0.1, -0.05) is 59.6 Å². The molecule has 0 aliphatic rings. The highest BCUT2D eigenvalue weighted by atomic mass is 32.1. The molecule has 4 rings (SSSR count). The van der Waals surface area contributed by atoms with Crippen LogP contribution in [0.5, 0.6) is 5.75 Å². The molecule has 0 fully saturated rings. The smallest absolute Gasteiger partial charge is 0.264 e. The van der Waals surface area contributed by atoms with E-state index in [0.717, 1.165) is 21.7 Å². The second-order valence-electron chi connectivity index (χ2n) is 6.30. The number of aryl methyl sites for hydroxylation is 1. The number of fused-ring (bicyclic) bond motifs is 1. The van der Waals surface area contributed by atoms with Crippen LogP contribution in [0.3, 0.4) is 0 Å². The molecule has 0 aliphatic carbocycles. The molecule has 2 heterocycles. The molecule has 0 saturated carbocycles. The van der Waals surface area contributed by atoms with Crippen LogP contribution in [0, 0.1) is 18.8 Å². The fraction of sp³-hybridized carbons (Fsp3) is 0.130. The van der Waals surface area contributed by atoms with E-state index in [2.05, 4.69) is 22.1 Å². The summed E-state index contributed by atoms with van der Waals surface area (Å²) in [6, 6.07) is 17.8. The second kappa shape index (κ2) is 8.63. The van der Waals surface area contributed by atoms with E-state index in [1.807, 2.05) is 78.5 Å². The van der Waals surface area contributed by atoms with Gasteiger partial charge in [0.15, 0.2) is 5.13 Å². The van der Waals surface area contributed by atoms with E-state index in [-0.39, 0.29) is 19.1 Å². The van der Waals surface area contributed by atoms with Crippen molar-refractivity contribution in [1.29, 1.82) is 0 Å². The lowest BCUT2D eigenvalue weighted by molar-refractivity contribution is 0.0962. The molecule has 0 radical (unpaired) electrons. The first-order valence-electron chi connectivity index (χ1n) is 9.17. The van der Waals surface area contributed by atoms with Gasteiger partial charge in [-0.3, -0.25) is 4.79 Å². The molecule has 29 heavy (non-hydrogen) atoms. The monoisotopic (exact) mass is 401 g/mol. The highest BCUT2D eigenvalue weighted by Crippen LogP contribution is 2.25. The van der Waals surface area contributed by atoms with E-state index in [1.54, 1.807) is 0 Å². The molecule has 1 N–H and O–H groups in total. The minimum Gasteiger partial charge on any atom is -0.480 e. The van der Waals surface area contributed by atoms with E-state index in [4.69, 9.17) is 4.74 Å². The maximum absolute atomic E-state index is 12.4. The first kappa shape index (κ1) is 18.8. The largest absolute Gasteiger partial charge is 0.480 e. The number of rotatable bonds is 5. The third kappa shape index (κ3) is 4.31. The number of nitrogens with zero attached hydrogens (tertiary/aromatic N) is 2. The van der Waals surface area contributed by atoms with Gasteiger partial charge in [-0.2, -0.15) is 0 Å². The molecule has 2 aromatic heterocycles. The third-order valence-electron chi connectivity index (χ3n) is 4.33. The van der Waals surface area contributed by atoms with Crippen LogP contribution in [-0.2, 0) is 0 Å². The fourth-order valence-corrected chi connectivity index (χ4v) is 3.87. The molecule has 6 heteroatoms. The average molecular weight is 401 g/mol. The van der Waals surface area contributed by atoms with Crippen molar-refractivity contribution in [3.05, 3.63) is 77.6 Å². The Morgan fingerprint density at radius 2 is 1.90 bits per heavy atom. The summed E-state index contributed by atoms with van der Waals surface area (Å²) in [5.41, 5.74) is 0.712. The van der Waals surface area contributed by atoms with Crippen LogP contribution < -0.4 is 10.1 Å². The predicted octanol–water partition coefficient (Wildman–Crippen LogP) is 4.21. The van der Waals surface area contributed by atoms with Gasteiger partial charge in [-0.05, 0) is 30.5 Å². The normalized spacial score (nSPS) is 10.4. The molecular weight excluding hydrogens is 382 g/mol. The van der Waals surface area contributed by atoms with E-state index in [0.29, 0.717) is 10.6 Å². The molecule has 0 saturated heterocycles. The standard InChI is InChI=1S/C23H19N3O2S/c1-17-21(29-23(25-17)26-14-5-6-15-26)22(27)24-13-4-7-16-28-20-12-8-10-18-9-2-3-11-19(18)20/h2-3,5-6,8-12,14-15H,13,16H2,1H3,(H,24,27). The summed E-state index contributed by atoms with van der Waals surface area (Å²) >= 11 is 1.36. The predicted molar refractivity (Wildman–Crippen MR) is 116 cm³/mol. The van der Waals surface area contributed by atoms with Crippen LogP contribution in [-0.4, -0.2) is 28.6 Å². The van der Waals surface area contributed by atoms with E-state index >= 15 is 0 Å². The van der Waals surface area contributed by atoms with Gasteiger partial charge in [0.25, 0.3) is 5.91 Å². The maximum Gasteiger partial charge on any atom is 0.264 e. The number of hydrogen-bond acceptors (Lipinski definition) is 4. The van der Waals surface area contributed by atoms with Gasteiger partial charge < -0.3 is 14.6 Å². The minimum absolute atomic E-state index is 0.164. The Kier molecular flexibility index (Phi) is 5.59. The molecule has 0 spiro atoms. The van der Waals surface area contributed by atoms with Gasteiger partial charge in [-0.25, -0.2) is 4.98 Å². The van der Waals surface area contributed by atoms with Crippen LogP contribution >= 0.6 is 11.3 Å². The Balaban J connectivity index is 1.31. The summed E-state index contributed by atoms with van der Waals surface area (Å²) < 4.78 is 7.67. The summed E-state index contributed by atoms with van der Waals surface area (Å²) in [4.78, 5) is 17.5. The zero-order valence-electron chi connectivity index (χ0n) is 15.9. The van der Waals surface area contributed by atoms with E-state index < -0.39 is 0 Å². The molecular formula is C23H19N3O2S. The van der Waals surface area contributed by atoms with Crippen molar-refractivity contribution < 1.29 is 9.53 Å². The lowest BCUT2D eigenvalue weighted by Gasteiger charge is -2.06. The quantitative estimate of drug-likeness (QED) is 0.510.